The third-order valence-electron chi connectivity index (χ3n) is 4.85. The smallest absolute Gasteiger partial charge is 0.138 e. The van der Waals surface area contributed by atoms with Crippen LogP contribution in [0.15, 0.2) is 41.3 Å². The lowest BCUT2D eigenvalue weighted by Crippen LogP contribution is -2.33. The molecule has 2 aromatic rings. The molecule has 2 heterocycles. The van der Waals surface area contributed by atoms with E-state index < -0.39 is 6.10 Å². The van der Waals surface area contributed by atoms with Crippen LogP contribution in [0.5, 0.6) is 5.75 Å². The van der Waals surface area contributed by atoms with E-state index in [1.165, 1.54) is 10.5 Å². The quantitative estimate of drug-likeness (QED) is 0.825. The zero-order chi connectivity index (χ0) is 18.1. The van der Waals surface area contributed by atoms with E-state index in [0.29, 0.717) is 23.8 Å². The molecule has 0 aromatic heterocycles. The van der Waals surface area contributed by atoms with E-state index in [1.54, 1.807) is 11.8 Å². The summed E-state index contributed by atoms with van der Waals surface area (Å²) in [4.78, 5) is 1.17. The van der Waals surface area contributed by atoms with E-state index in [4.69, 9.17) is 21.1 Å². The number of fused-ring (bicyclic) bond motifs is 1. The molecule has 2 aliphatic heterocycles. The van der Waals surface area contributed by atoms with Crippen LogP contribution in [-0.2, 0) is 11.2 Å². The molecule has 3 unspecified atom stereocenters. The second-order valence-corrected chi connectivity index (χ2v) is 8.14. The summed E-state index contributed by atoms with van der Waals surface area (Å²) >= 11 is 8.13. The van der Waals surface area contributed by atoms with Crippen molar-refractivity contribution in [2.45, 2.75) is 42.5 Å². The SMILES string of the molecule is OCC1CC(O)CC(c2ccc(Cl)c(Cc3ccc4c(c3)SCO4)c2)O1. The number of ether oxygens (including phenoxy) is 2. The first-order valence-corrected chi connectivity index (χ1v) is 10.1. The van der Waals surface area contributed by atoms with Crippen molar-refractivity contribution in [1.29, 1.82) is 0 Å². The molecule has 4 nitrogen and oxygen atoms in total. The van der Waals surface area contributed by atoms with Gasteiger partial charge < -0.3 is 19.7 Å². The van der Waals surface area contributed by atoms with Crippen LogP contribution in [0.4, 0.5) is 0 Å². The van der Waals surface area contributed by atoms with Gasteiger partial charge in [0.2, 0.25) is 0 Å². The molecule has 0 amide bonds. The minimum Gasteiger partial charge on any atom is -0.481 e. The second kappa shape index (κ2) is 7.79. The van der Waals surface area contributed by atoms with Crippen molar-refractivity contribution in [2.24, 2.45) is 0 Å². The van der Waals surface area contributed by atoms with Crippen molar-refractivity contribution in [3.05, 3.63) is 58.1 Å². The molecule has 1 fully saturated rings. The molecule has 3 atom stereocenters. The van der Waals surface area contributed by atoms with Crippen molar-refractivity contribution in [1.82, 2.24) is 0 Å². The predicted molar refractivity (Wildman–Crippen MR) is 102 cm³/mol. The van der Waals surface area contributed by atoms with Gasteiger partial charge in [0.05, 0.1) is 29.8 Å². The molecule has 4 rings (SSSR count). The largest absolute Gasteiger partial charge is 0.481 e. The van der Waals surface area contributed by atoms with Crippen molar-refractivity contribution >= 4 is 23.4 Å². The van der Waals surface area contributed by atoms with Crippen molar-refractivity contribution < 1.29 is 19.7 Å². The molecule has 0 spiro atoms. The number of hydrogen-bond donors (Lipinski definition) is 2. The molecule has 2 aliphatic rings. The predicted octanol–water partition coefficient (Wildman–Crippen LogP) is 3.95. The molecule has 0 bridgehead atoms. The maximum absolute atomic E-state index is 10.1. The molecule has 0 saturated carbocycles. The molecular weight excluding hydrogens is 372 g/mol. The van der Waals surface area contributed by atoms with E-state index >= 15 is 0 Å². The van der Waals surface area contributed by atoms with E-state index in [1.807, 2.05) is 18.2 Å². The molecule has 0 radical (unpaired) electrons. The zero-order valence-corrected chi connectivity index (χ0v) is 15.8. The van der Waals surface area contributed by atoms with Crippen LogP contribution in [0.25, 0.3) is 0 Å². The third kappa shape index (κ3) is 3.87. The zero-order valence-electron chi connectivity index (χ0n) is 14.2. The molecule has 1 saturated heterocycles. The van der Waals surface area contributed by atoms with Gasteiger partial charge in [-0.25, -0.2) is 0 Å². The van der Waals surface area contributed by atoms with Crippen LogP contribution in [0.1, 0.15) is 35.6 Å². The lowest BCUT2D eigenvalue weighted by molar-refractivity contribution is -0.113. The maximum Gasteiger partial charge on any atom is 0.138 e. The van der Waals surface area contributed by atoms with Gasteiger partial charge in [0, 0.05) is 17.9 Å². The van der Waals surface area contributed by atoms with Gasteiger partial charge in [0.15, 0.2) is 0 Å². The number of aliphatic hydroxyl groups is 2. The number of rotatable bonds is 4. The molecule has 0 aliphatic carbocycles. The summed E-state index contributed by atoms with van der Waals surface area (Å²) in [7, 11) is 0. The number of halogens is 1. The first-order chi connectivity index (χ1) is 12.6. The summed E-state index contributed by atoms with van der Waals surface area (Å²) in [5, 5.41) is 20.2. The summed E-state index contributed by atoms with van der Waals surface area (Å²) in [5.41, 5.74) is 3.19. The normalized spacial score (nSPS) is 25.0. The minimum atomic E-state index is -0.459. The van der Waals surface area contributed by atoms with Crippen LogP contribution in [0.2, 0.25) is 5.02 Å². The van der Waals surface area contributed by atoms with Crippen molar-refractivity contribution in [3.63, 3.8) is 0 Å². The van der Waals surface area contributed by atoms with E-state index in [2.05, 4.69) is 18.2 Å². The van der Waals surface area contributed by atoms with E-state index in [0.717, 1.165) is 23.3 Å². The highest BCUT2D eigenvalue weighted by Gasteiger charge is 2.29. The van der Waals surface area contributed by atoms with Crippen molar-refractivity contribution in [2.75, 3.05) is 12.5 Å². The molecule has 2 N–H and O–H groups in total. The van der Waals surface area contributed by atoms with Gasteiger partial charge in [-0.3, -0.25) is 0 Å². The standard InChI is InChI=1S/C20H21ClO4S/c21-17-3-2-13(19-9-15(23)8-16(10-22)25-19)7-14(17)5-12-1-4-18-20(6-12)26-11-24-18/h1-4,6-7,15-16,19,22-23H,5,8-11H2. The Kier molecular flexibility index (Phi) is 5.43. The lowest BCUT2D eigenvalue weighted by Gasteiger charge is -2.32. The van der Waals surface area contributed by atoms with Gasteiger partial charge in [-0.1, -0.05) is 41.6 Å². The van der Waals surface area contributed by atoms with E-state index in [-0.39, 0.29) is 18.8 Å². The van der Waals surface area contributed by atoms with Gasteiger partial charge in [0.1, 0.15) is 11.7 Å². The number of benzene rings is 2. The third-order valence-corrected chi connectivity index (χ3v) is 6.09. The Labute approximate surface area is 162 Å². The van der Waals surface area contributed by atoms with Gasteiger partial charge in [-0.15, -0.1) is 0 Å². The average Bonchev–Trinajstić information content (AvgIpc) is 3.10. The summed E-state index contributed by atoms with van der Waals surface area (Å²) in [5.74, 6) is 1.61. The summed E-state index contributed by atoms with van der Waals surface area (Å²) in [6.45, 7) is -0.0805. The Bertz CT molecular complexity index is 797. The molecule has 2 aromatic carbocycles. The topological polar surface area (TPSA) is 58.9 Å². The molecule has 138 valence electrons. The lowest BCUT2D eigenvalue weighted by atomic mass is 9.94. The average molecular weight is 393 g/mol. The Morgan fingerprint density at radius 2 is 2.04 bits per heavy atom. The van der Waals surface area contributed by atoms with Crippen LogP contribution >= 0.6 is 23.4 Å². The summed E-state index contributed by atoms with van der Waals surface area (Å²) in [6.07, 6.45) is 0.720. The Morgan fingerprint density at radius 1 is 1.15 bits per heavy atom. The fourth-order valence-corrected chi connectivity index (χ4v) is 4.52. The van der Waals surface area contributed by atoms with Crippen LogP contribution in [0, 0.1) is 0 Å². The molecule has 26 heavy (non-hydrogen) atoms. The Morgan fingerprint density at radius 3 is 2.88 bits per heavy atom. The van der Waals surface area contributed by atoms with Gasteiger partial charge in [-0.2, -0.15) is 0 Å². The van der Waals surface area contributed by atoms with Crippen LogP contribution in [0.3, 0.4) is 0 Å². The fourth-order valence-electron chi connectivity index (χ4n) is 3.52. The highest BCUT2D eigenvalue weighted by molar-refractivity contribution is 7.99. The number of aliphatic hydroxyl groups excluding tert-OH is 2. The Hall–Kier alpha value is -1.24. The van der Waals surface area contributed by atoms with Gasteiger partial charge in [0.25, 0.3) is 0 Å². The molecular formula is C20H21ClO4S. The second-order valence-electron chi connectivity index (χ2n) is 6.77. The Balaban J connectivity index is 1.56. The summed E-state index contributed by atoms with van der Waals surface area (Å²) in [6, 6.07) is 12.1. The number of hydrogen-bond acceptors (Lipinski definition) is 5. The monoisotopic (exact) mass is 392 g/mol. The fraction of sp³-hybridized carbons (Fsp3) is 0.400. The summed E-state index contributed by atoms with van der Waals surface area (Å²) < 4.78 is 11.5. The van der Waals surface area contributed by atoms with Crippen LogP contribution < -0.4 is 4.74 Å². The minimum absolute atomic E-state index is 0.0805. The highest BCUT2D eigenvalue weighted by Crippen LogP contribution is 2.38. The first kappa shape index (κ1) is 18.1. The van der Waals surface area contributed by atoms with Crippen molar-refractivity contribution in [3.8, 4) is 5.75 Å². The van der Waals surface area contributed by atoms with Gasteiger partial charge in [-0.05, 0) is 41.3 Å². The van der Waals surface area contributed by atoms with Gasteiger partial charge >= 0.3 is 0 Å². The van der Waals surface area contributed by atoms with Crippen LogP contribution in [-0.4, -0.2) is 35.0 Å². The number of thioether (sulfide) groups is 1. The maximum atomic E-state index is 10.1. The first-order valence-electron chi connectivity index (χ1n) is 8.73. The van der Waals surface area contributed by atoms with E-state index in [9.17, 15) is 10.2 Å². The highest BCUT2D eigenvalue weighted by atomic mass is 35.5. The molecule has 6 heteroatoms.